The van der Waals surface area contributed by atoms with Crippen molar-refractivity contribution in [3.05, 3.63) is 45.3 Å². The molecule has 5 nitrogen and oxygen atoms in total. The smallest absolute Gasteiger partial charge is 0.338 e. The maximum absolute atomic E-state index is 13.4. The van der Waals surface area contributed by atoms with Crippen molar-refractivity contribution in [2.45, 2.75) is 26.8 Å². The number of ether oxygens (including phenoxy) is 1. The fourth-order valence-corrected chi connectivity index (χ4v) is 2.62. The van der Waals surface area contributed by atoms with E-state index in [-0.39, 0.29) is 17.0 Å². The molecular weight excluding hydrogens is 367 g/mol. The van der Waals surface area contributed by atoms with Crippen molar-refractivity contribution in [1.82, 2.24) is 10.6 Å². The highest BCUT2D eigenvalue weighted by atomic mass is 79.9. The zero-order valence-electron chi connectivity index (χ0n) is 13.1. The van der Waals surface area contributed by atoms with Gasteiger partial charge in [-0.25, -0.2) is 14.0 Å². The van der Waals surface area contributed by atoms with E-state index in [0.717, 1.165) is 0 Å². The standard InChI is InChI=1S/C16H18BrFN2O3/c1-8(2)7-23-15(21)13-9(3)19-16(22)20-14(13)10-4-5-12(18)11(17)6-10/h4-6,8,14H,7H2,1-3H3,(H2,19,20,22)/t14-/m1/s1. The van der Waals surface area contributed by atoms with E-state index in [1.807, 2.05) is 13.8 Å². The zero-order valence-corrected chi connectivity index (χ0v) is 14.7. The van der Waals surface area contributed by atoms with Crippen molar-refractivity contribution < 1.29 is 18.7 Å². The first-order valence-electron chi connectivity index (χ1n) is 7.20. The summed E-state index contributed by atoms with van der Waals surface area (Å²) in [6, 6.07) is 3.22. The van der Waals surface area contributed by atoms with Gasteiger partial charge in [0, 0.05) is 5.70 Å². The second-order valence-electron chi connectivity index (χ2n) is 5.74. The van der Waals surface area contributed by atoms with Crippen molar-refractivity contribution in [3.63, 3.8) is 0 Å². The number of carbonyl (C=O) groups is 2. The fourth-order valence-electron chi connectivity index (χ4n) is 2.23. The van der Waals surface area contributed by atoms with Crippen LogP contribution in [0.4, 0.5) is 9.18 Å². The Morgan fingerprint density at radius 2 is 2.13 bits per heavy atom. The average Bonchev–Trinajstić information content (AvgIpc) is 2.46. The van der Waals surface area contributed by atoms with Crippen LogP contribution >= 0.6 is 15.9 Å². The first-order valence-corrected chi connectivity index (χ1v) is 7.99. The van der Waals surface area contributed by atoms with Crippen LogP contribution < -0.4 is 10.6 Å². The summed E-state index contributed by atoms with van der Waals surface area (Å²) < 4.78 is 19.0. The van der Waals surface area contributed by atoms with Gasteiger partial charge in [-0.2, -0.15) is 0 Å². The zero-order chi connectivity index (χ0) is 17.1. The number of rotatable bonds is 4. The molecule has 0 aromatic heterocycles. The minimum absolute atomic E-state index is 0.199. The lowest BCUT2D eigenvalue weighted by Crippen LogP contribution is -2.45. The van der Waals surface area contributed by atoms with Crippen LogP contribution in [0.25, 0.3) is 0 Å². The van der Waals surface area contributed by atoms with Gasteiger partial charge in [-0.15, -0.1) is 0 Å². The number of hydrogen-bond acceptors (Lipinski definition) is 3. The third-order valence-electron chi connectivity index (χ3n) is 3.31. The largest absolute Gasteiger partial charge is 0.462 e. The van der Waals surface area contributed by atoms with Gasteiger partial charge in [-0.3, -0.25) is 0 Å². The van der Waals surface area contributed by atoms with E-state index in [9.17, 15) is 14.0 Å². The number of carbonyl (C=O) groups excluding carboxylic acids is 2. The van der Waals surface area contributed by atoms with Crippen LogP contribution in [0.3, 0.4) is 0 Å². The lowest BCUT2D eigenvalue weighted by Gasteiger charge is -2.28. The SMILES string of the molecule is CC1=C(C(=O)OCC(C)C)[C@@H](c2ccc(F)c(Br)c2)NC(=O)N1. The average molecular weight is 385 g/mol. The molecule has 124 valence electrons. The molecule has 0 saturated heterocycles. The molecule has 7 heteroatoms. The summed E-state index contributed by atoms with van der Waals surface area (Å²) in [6.07, 6.45) is 0. The first kappa shape index (κ1) is 17.5. The molecule has 1 heterocycles. The molecule has 1 atom stereocenters. The van der Waals surface area contributed by atoms with Crippen molar-refractivity contribution in [2.75, 3.05) is 6.61 Å². The van der Waals surface area contributed by atoms with Crippen LogP contribution in [-0.2, 0) is 9.53 Å². The molecule has 1 aromatic rings. The van der Waals surface area contributed by atoms with E-state index in [1.165, 1.54) is 18.2 Å². The lowest BCUT2D eigenvalue weighted by molar-refractivity contribution is -0.140. The molecule has 0 aliphatic carbocycles. The molecule has 0 fully saturated rings. The number of amides is 2. The lowest BCUT2D eigenvalue weighted by atomic mass is 9.95. The summed E-state index contributed by atoms with van der Waals surface area (Å²) in [7, 11) is 0. The monoisotopic (exact) mass is 384 g/mol. The van der Waals surface area contributed by atoms with Gasteiger partial charge in [0.05, 0.1) is 22.7 Å². The maximum Gasteiger partial charge on any atom is 0.338 e. The van der Waals surface area contributed by atoms with Crippen LogP contribution in [0.15, 0.2) is 33.9 Å². The van der Waals surface area contributed by atoms with Crippen LogP contribution in [0.1, 0.15) is 32.4 Å². The highest BCUT2D eigenvalue weighted by molar-refractivity contribution is 9.10. The molecule has 0 radical (unpaired) electrons. The summed E-state index contributed by atoms with van der Waals surface area (Å²) in [5.41, 5.74) is 1.32. The summed E-state index contributed by atoms with van der Waals surface area (Å²) in [4.78, 5) is 24.1. The number of allylic oxidation sites excluding steroid dienone is 1. The molecule has 0 saturated carbocycles. The summed E-state index contributed by atoms with van der Waals surface area (Å²) >= 11 is 3.11. The number of benzene rings is 1. The van der Waals surface area contributed by atoms with Gasteiger partial charge in [0.1, 0.15) is 5.82 Å². The Hall–Kier alpha value is -1.89. The van der Waals surface area contributed by atoms with Gasteiger partial charge in [-0.05, 0) is 46.5 Å². The third kappa shape index (κ3) is 4.10. The topological polar surface area (TPSA) is 67.4 Å². The Bertz CT molecular complexity index is 673. The summed E-state index contributed by atoms with van der Waals surface area (Å²) in [5, 5.41) is 5.24. The molecule has 1 aliphatic heterocycles. The molecule has 1 aromatic carbocycles. The van der Waals surface area contributed by atoms with Gasteiger partial charge in [0.25, 0.3) is 0 Å². The molecule has 2 rings (SSSR count). The minimum Gasteiger partial charge on any atom is -0.462 e. The quantitative estimate of drug-likeness (QED) is 0.781. The Balaban J connectivity index is 2.37. The van der Waals surface area contributed by atoms with Crippen LogP contribution in [0.2, 0.25) is 0 Å². The Kier molecular flexibility index (Phi) is 5.41. The van der Waals surface area contributed by atoms with Crippen LogP contribution in [0.5, 0.6) is 0 Å². The molecule has 0 bridgehead atoms. The predicted octanol–water partition coefficient (Wildman–Crippen LogP) is 3.42. The van der Waals surface area contributed by atoms with E-state index in [0.29, 0.717) is 16.8 Å². The number of hydrogen-bond donors (Lipinski definition) is 2. The van der Waals surface area contributed by atoms with Gasteiger partial charge >= 0.3 is 12.0 Å². The fraction of sp³-hybridized carbons (Fsp3) is 0.375. The van der Waals surface area contributed by atoms with Crippen LogP contribution in [0, 0.1) is 11.7 Å². The van der Waals surface area contributed by atoms with Gasteiger partial charge in [0.15, 0.2) is 0 Å². The minimum atomic E-state index is -0.694. The summed E-state index contributed by atoms with van der Waals surface area (Å²) in [5.74, 6) is -0.725. The predicted molar refractivity (Wildman–Crippen MR) is 87.0 cm³/mol. The Morgan fingerprint density at radius 3 is 2.74 bits per heavy atom. The maximum atomic E-state index is 13.4. The number of urea groups is 1. The van der Waals surface area contributed by atoms with Crippen molar-refractivity contribution in [1.29, 1.82) is 0 Å². The van der Waals surface area contributed by atoms with Crippen molar-refractivity contribution in [3.8, 4) is 0 Å². The molecule has 2 amide bonds. The van der Waals surface area contributed by atoms with Gasteiger partial charge < -0.3 is 15.4 Å². The normalized spacial score (nSPS) is 17.8. The van der Waals surface area contributed by atoms with Crippen LogP contribution in [-0.4, -0.2) is 18.6 Å². The van der Waals surface area contributed by atoms with Gasteiger partial charge in [0.2, 0.25) is 0 Å². The van der Waals surface area contributed by atoms with Crippen molar-refractivity contribution in [2.24, 2.45) is 5.92 Å². The Morgan fingerprint density at radius 1 is 1.43 bits per heavy atom. The van der Waals surface area contributed by atoms with E-state index in [4.69, 9.17) is 4.74 Å². The first-order chi connectivity index (χ1) is 10.8. The molecule has 0 spiro atoms. The van der Waals surface area contributed by atoms with E-state index in [2.05, 4.69) is 26.6 Å². The third-order valence-corrected chi connectivity index (χ3v) is 3.92. The number of nitrogens with one attached hydrogen (secondary N) is 2. The highest BCUT2D eigenvalue weighted by Gasteiger charge is 2.32. The van der Waals surface area contributed by atoms with E-state index in [1.54, 1.807) is 6.92 Å². The molecule has 23 heavy (non-hydrogen) atoms. The molecule has 0 unspecified atom stereocenters. The van der Waals surface area contributed by atoms with Gasteiger partial charge in [-0.1, -0.05) is 19.9 Å². The highest BCUT2D eigenvalue weighted by Crippen LogP contribution is 2.30. The number of esters is 1. The number of halogens is 2. The molecular formula is C16H18BrFN2O3. The molecule has 2 N–H and O–H groups in total. The molecule has 1 aliphatic rings. The van der Waals surface area contributed by atoms with Crippen molar-refractivity contribution >= 4 is 27.9 Å². The second-order valence-corrected chi connectivity index (χ2v) is 6.59. The Labute approximate surface area is 142 Å². The summed E-state index contributed by atoms with van der Waals surface area (Å²) in [6.45, 7) is 5.79. The van der Waals surface area contributed by atoms with E-state index < -0.39 is 23.9 Å². The second kappa shape index (κ2) is 7.12. The van der Waals surface area contributed by atoms with E-state index >= 15 is 0 Å².